The summed E-state index contributed by atoms with van der Waals surface area (Å²) >= 11 is 0. The van der Waals surface area contributed by atoms with E-state index < -0.39 is 0 Å². The van der Waals surface area contributed by atoms with Crippen LogP contribution in [0.15, 0.2) is 16.8 Å². The van der Waals surface area contributed by atoms with Crippen molar-refractivity contribution in [2.24, 2.45) is 4.99 Å². The number of hydrogen-bond acceptors (Lipinski definition) is 2. The maximum atomic E-state index is 3.96. The minimum atomic E-state index is 0.843. The monoisotopic (exact) mass is 96.1 g/mol. The summed E-state index contributed by atoms with van der Waals surface area (Å²) in [6, 6.07) is 0. The summed E-state index contributed by atoms with van der Waals surface area (Å²) in [5.74, 6) is 0. The largest absolute Gasteiger partial charge is 0.387 e. The average molecular weight is 96.1 g/mol. The Morgan fingerprint density at radius 1 is 1.86 bits per heavy atom. The SMILES string of the molecule is CNC1=CCN=C1. The third-order valence-corrected chi connectivity index (χ3v) is 0.936. The maximum absolute atomic E-state index is 3.96. The van der Waals surface area contributed by atoms with Crippen LogP contribution in [0, 0.1) is 0 Å². The highest BCUT2D eigenvalue weighted by molar-refractivity contribution is 5.79. The van der Waals surface area contributed by atoms with E-state index in [1.54, 1.807) is 0 Å². The number of rotatable bonds is 1. The fraction of sp³-hybridized carbons (Fsp3) is 0.400. The standard InChI is InChI=1S/C5H8N2/c1-6-5-2-3-7-4-5/h2,4,6H,3H2,1H3. The molecule has 0 fully saturated rings. The fourth-order valence-electron chi connectivity index (χ4n) is 0.521. The van der Waals surface area contributed by atoms with Gasteiger partial charge in [-0.1, -0.05) is 0 Å². The van der Waals surface area contributed by atoms with Crippen molar-refractivity contribution < 1.29 is 0 Å². The molecular formula is C5H8N2. The molecule has 0 saturated heterocycles. The quantitative estimate of drug-likeness (QED) is 0.494. The maximum Gasteiger partial charge on any atom is 0.0594 e. The molecule has 1 aliphatic heterocycles. The second-order valence-corrected chi connectivity index (χ2v) is 1.40. The lowest BCUT2D eigenvalue weighted by molar-refractivity contribution is 1.06. The highest BCUT2D eigenvalue weighted by atomic mass is 14.9. The lowest BCUT2D eigenvalue weighted by Gasteiger charge is -1.89. The van der Waals surface area contributed by atoms with E-state index in [2.05, 4.69) is 10.3 Å². The molecule has 0 aliphatic carbocycles. The van der Waals surface area contributed by atoms with Crippen LogP contribution >= 0.6 is 0 Å². The molecule has 1 heterocycles. The molecule has 0 atom stereocenters. The molecular weight excluding hydrogens is 88.1 g/mol. The summed E-state index contributed by atoms with van der Waals surface area (Å²) in [6.07, 6.45) is 3.88. The highest BCUT2D eigenvalue weighted by Gasteiger charge is 1.90. The van der Waals surface area contributed by atoms with E-state index in [0.717, 1.165) is 12.2 Å². The first-order valence-electron chi connectivity index (χ1n) is 2.31. The number of nitrogens with one attached hydrogen (secondary N) is 1. The van der Waals surface area contributed by atoms with Crippen LogP contribution in [-0.4, -0.2) is 19.8 Å². The van der Waals surface area contributed by atoms with E-state index in [9.17, 15) is 0 Å². The molecule has 0 radical (unpaired) electrons. The number of nitrogens with zero attached hydrogens (tertiary/aromatic N) is 1. The minimum absolute atomic E-state index is 0.843. The smallest absolute Gasteiger partial charge is 0.0594 e. The van der Waals surface area contributed by atoms with Gasteiger partial charge in [0, 0.05) is 19.0 Å². The van der Waals surface area contributed by atoms with Crippen molar-refractivity contribution in [3.63, 3.8) is 0 Å². The summed E-state index contributed by atoms with van der Waals surface area (Å²) in [7, 11) is 1.89. The third-order valence-electron chi connectivity index (χ3n) is 0.936. The highest BCUT2D eigenvalue weighted by Crippen LogP contribution is 1.90. The molecule has 0 bridgehead atoms. The second kappa shape index (κ2) is 1.78. The summed E-state index contributed by atoms with van der Waals surface area (Å²) in [5.41, 5.74) is 1.13. The Morgan fingerprint density at radius 2 is 2.71 bits per heavy atom. The molecule has 1 rings (SSSR count). The zero-order valence-electron chi connectivity index (χ0n) is 4.31. The molecule has 0 aromatic heterocycles. The van der Waals surface area contributed by atoms with Crippen LogP contribution in [0.3, 0.4) is 0 Å². The van der Waals surface area contributed by atoms with Gasteiger partial charge >= 0.3 is 0 Å². The average Bonchev–Trinajstić information content (AvgIpc) is 2.14. The Hall–Kier alpha value is -0.790. The van der Waals surface area contributed by atoms with Crippen molar-refractivity contribution in [1.82, 2.24) is 5.32 Å². The van der Waals surface area contributed by atoms with Crippen LogP contribution in [0.4, 0.5) is 0 Å². The molecule has 0 saturated carbocycles. The van der Waals surface area contributed by atoms with Crippen LogP contribution in [-0.2, 0) is 0 Å². The molecule has 0 amide bonds. The summed E-state index contributed by atoms with van der Waals surface area (Å²) in [5, 5.41) is 2.98. The Bertz CT molecular complexity index is 113. The van der Waals surface area contributed by atoms with Crippen LogP contribution in [0.2, 0.25) is 0 Å². The van der Waals surface area contributed by atoms with Gasteiger partial charge in [-0.25, -0.2) is 0 Å². The summed E-state index contributed by atoms with van der Waals surface area (Å²) in [4.78, 5) is 3.96. The zero-order chi connectivity index (χ0) is 5.11. The number of hydrogen-bond donors (Lipinski definition) is 1. The summed E-state index contributed by atoms with van der Waals surface area (Å²) < 4.78 is 0. The minimum Gasteiger partial charge on any atom is -0.387 e. The predicted molar refractivity (Wildman–Crippen MR) is 30.5 cm³/mol. The topological polar surface area (TPSA) is 24.4 Å². The summed E-state index contributed by atoms with van der Waals surface area (Å²) in [6.45, 7) is 0.843. The fourth-order valence-corrected chi connectivity index (χ4v) is 0.521. The van der Waals surface area contributed by atoms with Gasteiger partial charge in [0.25, 0.3) is 0 Å². The van der Waals surface area contributed by atoms with Gasteiger partial charge in [0.05, 0.1) is 6.54 Å². The second-order valence-electron chi connectivity index (χ2n) is 1.40. The van der Waals surface area contributed by atoms with Crippen molar-refractivity contribution in [2.45, 2.75) is 0 Å². The zero-order valence-corrected chi connectivity index (χ0v) is 4.31. The van der Waals surface area contributed by atoms with Crippen molar-refractivity contribution >= 4 is 6.21 Å². The molecule has 0 aromatic carbocycles. The van der Waals surface area contributed by atoms with Crippen molar-refractivity contribution in [3.8, 4) is 0 Å². The third kappa shape index (κ3) is 0.796. The predicted octanol–water partition coefficient (Wildman–Crippen LogP) is 0.174. The number of allylic oxidation sites excluding steroid dienone is 1. The van der Waals surface area contributed by atoms with Crippen molar-refractivity contribution in [1.29, 1.82) is 0 Å². The first-order valence-corrected chi connectivity index (χ1v) is 2.31. The Balaban J connectivity index is 2.52. The van der Waals surface area contributed by atoms with Crippen LogP contribution in [0.1, 0.15) is 0 Å². The van der Waals surface area contributed by atoms with Gasteiger partial charge in [-0.15, -0.1) is 0 Å². The molecule has 1 aliphatic rings. The van der Waals surface area contributed by atoms with Gasteiger partial charge in [0.1, 0.15) is 0 Å². The first kappa shape index (κ1) is 4.37. The number of aliphatic imine (C=N–C) groups is 1. The molecule has 7 heavy (non-hydrogen) atoms. The van der Waals surface area contributed by atoms with E-state index in [-0.39, 0.29) is 0 Å². The molecule has 1 N–H and O–H groups in total. The molecule has 2 nitrogen and oxygen atoms in total. The lowest BCUT2D eigenvalue weighted by atomic mass is 10.5. The van der Waals surface area contributed by atoms with Crippen molar-refractivity contribution in [2.75, 3.05) is 13.6 Å². The van der Waals surface area contributed by atoms with Crippen LogP contribution in [0.5, 0.6) is 0 Å². The van der Waals surface area contributed by atoms with Gasteiger partial charge in [0.2, 0.25) is 0 Å². The van der Waals surface area contributed by atoms with Gasteiger partial charge in [-0.2, -0.15) is 0 Å². The first-order chi connectivity index (χ1) is 3.43. The Labute approximate surface area is 42.9 Å². The Morgan fingerprint density at radius 3 is 3.00 bits per heavy atom. The molecule has 0 aromatic rings. The van der Waals surface area contributed by atoms with Gasteiger partial charge in [0.15, 0.2) is 0 Å². The molecule has 38 valence electrons. The van der Waals surface area contributed by atoms with Crippen molar-refractivity contribution in [3.05, 3.63) is 11.8 Å². The van der Waals surface area contributed by atoms with E-state index in [4.69, 9.17) is 0 Å². The van der Waals surface area contributed by atoms with E-state index in [1.807, 2.05) is 19.3 Å². The van der Waals surface area contributed by atoms with Gasteiger partial charge < -0.3 is 5.32 Å². The molecule has 0 unspecified atom stereocenters. The van der Waals surface area contributed by atoms with E-state index in [1.165, 1.54) is 0 Å². The van der Waals surface area contributed by atoms with Gasteiger partial charge in [-0.3, -0.25) is 4.99 Å². The lowest BCUT2D eigenvalue weighted by Crippen LogP contribution is -2.03. The van der Waals surface area contributed by atoms with E-state index >= 15 is 0 Å². The van der Waals surface area contributed by atoms with Crippen LogP contribution < -0.4 is 5.32 Å². The molecule has 0 spiro atoms. The molecule has 2 heteroatoms. The van der Waals surface area contributed by atoms with Crippen LogP contribution in [0.25, 0.3) is 0 Å². The Kier molecular flexibility index (Phi) is 1.11. The van der Waals surface area contributed by atoms with E-state index in [0.29, 0.717) is 0 Å². The van der Waals surface area contributed by atoms with Gasteiger partial charge in [-0.05, 0) is 6.08 Å². The normalized spacial score (nSPS) is 17.0.